The molecule has 0 saturated carbocycles. The molecule has 21 heavy (non-hydrogen) atoms. The molecule has 116 valence electrons. The van der Waals surface area contributed by atoms with E-state index >= 15 is 0 Å². The molecule has 2 rings (SSSR count). The van der Waals surface area contributed by atoms with E-state index in [1.807, 2.05) is 35.2 Å². The van der Waals surface area contributed by atoms with E-state index in [-0.39, 0.29) is 5.91 Å². The lowest BCUT2D eigenvalue weighted by molar-refractivity contribution is -0.134. The van der Waals surface area contributed by atoms with Crippen LogP contribution in [0.25, 0.3) is 0 Å². The van der Waals surface area contributed by atoms with Crippen molar-refractivity contribution < 1.29 is 4.79 Å². The number of nitrogens with zero attached hydrogens (tertiary/aromatic N) is 1. The third-order valence-electron chi connectivity index (χ3n) is 4.25. The summed E-state index contributed by atoms with van der Waals surface area (Å²) in [5.41, 5.74) is 7.27. The fourth-order valence-electron chi connectivity index (χ4n) is 3.31. The van der Waals surface area contributed by atoms with Crippen LogP contribution in [0.5, 0.6) is 0 Å². The van der Waals surface area contributed by atoms with Crippen molar-refractivity contribution in [2.24, 2.45) is 17.6 Å². The van der Waals surface area contributed by atoms with Crippen molar-refractivity contribution in [2.75, 3.05) is 13.1 Å². The number of likely N-dealkylation sites (tertiary alicyclic amines) is 1. The third kappa shape index (κ3) is 4.85. The average Bonchev–Trinajstić information content (AvgIpc) is 2.47. The summed E-state index contributed by atoms with van der Waals surface area (Å²) in [6.07, 6.45) is 4.19. The number of carbonyl (C=O) groups excluding carboxylic acids is 1. The molecular weight excluding hydrogens is 260 g/mol. The molecular formula is C18H28N2O. The summed E-state index contributed by atoms with van der Waals surface area (Å²) >= 11 is 0. The van der Waals surface area contributed by atoms with E-state index in [1.54, 1.807) is 0 Å². The van der Waals surface area contributed by atoms with Gasteiger partial charge in [-0.3, -0.25) is 4.79 Å². The second-order valence-corrected chi connectivity index (χ2v) is 6.72. The first-order chi connectivity index (χ1) is 10.1. The van der Waals surface area contributed by atoms with Gasteiger partial charge in [-0.25, -0.2) is 0 Å². The van der Waals surface area contributed by atoms with Crippen molar-refractivity contribution in [1.82, 2.24) is 4.90 Å². The first kappa shape index (κ1) is 16.0. The molecule has 1 aliphatic rings. The molecule has 0 radical (unpaired) electrons. The van der Waals surface area contributed by atoms with Crippen LogP contribution < -0.4 is 5.73 Å². The van der Waals surface area contributed by atoms with Crippen LogP contribution in [0.3, 0.4) is 0 Å². The molecule has 3 nitrogen and oxygen atoms in total. The molecule has 0 aromatic heterocycles. The predicted octanol–water partition coefficient (Wildman–Crippen LogP) is 2.84. The molecule has 0 spiro atoms. The first-order valence-electron chi connectivity index (χ1n) is 8.14. The second-order valence-electron chi connectivity index (χ2n) is 6.72. The minimum Gasteiger partial charge on any atom is -0.341 e. The van der Waals surface area contributed by atoms with Gasteiger partial charge in [-0.15, -0.1) is 0 Å². The van der Waals surface area contributed by atoms with Crippen LogP contribution in [0, 0.1) is 11.8 Å². The number of carbonyl (C=O) groups is 1. The van der Waals surface area contributed by atoms with Crippen LogP contribution in [0.4, 0.5) is 0 Å². The van der Waals surface area contributed by atoms with Crippen LogP contribution in [0.2, 0.25) is 0 Å². The van der Waals surface area contributed by atoms with Gasteiger partial charge < -0.3 is 10.6 Å². The highest BCUT2D eigenvalue weighted by Crippen LogP contribution is 2.23. The lowest BCUT2D eigenvalue weighted by atomic mass is 9.89. The Bertz CT molecular complexity index is 444. The Hall–Kier alpha value is -1.35. The largest absolute Gasteiger partial charge is 0.341 e. The van der Waals surface area contributed by atoms with Gasteiger partial charge in [0.15, 0.2) is 0 Å². The van der Waals surface area contributed by atoms with Gasteiger partial charge in [0.25, 0.3) is 0 Å². The number of rotatable bonds is 5. The van der Waals surface area contributed by atoms with Gasteiger partial charge in [0.1, 0.15) is 0 Å². The molecule has 3 heteroatoms. The number of nitrogens with two attached hydrogens (primary N) is 1. The zero-order valence-corrected chi connectivity index (χ0v) is 13.3. The number of hydrogen-bond acceptors (Lipinski definition) is 2. The minimum atomic E-state index is -0.412. The van der Waals surface area contributed by atoms with Gasteiger partial charge in [-0.1, -0.05) is 44.2 Å². The quantitative estimate of drug-likeness (QED) is 0.905. The maximum Gasteiger partial charge on any atom is 0.239 e. The molecule has 0 aliphatic carbocycles. The summed E-state index contributed by atoms with van der Waals surface area (Å²) in [5.74, 6) is 1.46. The molecule has 1 saturated heterocycles. The normalized spacial score (nSPS) is 20.6. The van der Waals surface area contributed by atoms with Crippen molar-refractivity contribution in [3.05, 3.63) is 35.9 Å². The van der Waals surface area contributed by atoms with Crippen LogP contribution in [0.1, 0.15) is 38.7 Å². The van der Waals surface area contributed by atoms with E-state index in [0.717, 1.165) is 25.1 Å². The Kier molecular flexibility index (Phi) is 5.80. The van der Waals surface area contributed by atoms with Crippen LogP contribution in [-0.4, -0.2) is 29.9 Å². The fraction of sp³-hybridized carbons (Fsp3) is 0.611. The number of piperidine rings is 1. The number of benzene rings is 1. The van der Waals surface area contributed by atoms with E-state index in [1.165, 1.54) is 12.8 Å². The van der Waals surface area contributed by atoms with Gasteiger partial charge in [0.2, 0.25) is 5.91 Å². The summed E-state index contributed by atoms with van der Waals surface area (Å²) < 4.78 is 0. The van der Waals surface area contributed by atoms with Crippen molar-refractivity contribution in [3.8, 4) is 0 Å². The zero-order chi connectivity index (χ0) is 15.2. The van der Waals surface area contributed by atoms with Crippen molar-refractivity contribution in [2.45, 2.75) is 45.6 Å². The Morgan fingerprint density at radius 1 is 1.33 bits per heavy atom. The van der Waals surface area contributed by atoms with E-state index in [9.17, 15) is 4.79 Å². The van der Waals surface area contributed by atoms with E-state index in [2.05, 4.69) is 13.8 Å². The minimum absolute atomic E-state index is 0.118. The topological polar surface area (TPSA) is 46.3 Å². The molecule has 0 bridgehead atoms. The van der Waals surface area contributed by atoms with Gasteiger partial charge >= 0.3 is 0 Å². The summed E-state index contributed by atoms with van der Waals surface area (Å²) in [6.45, 7) is 6.26. The van der Waals surface area contributed by atoms with E-state index < -0.39 is 6.04 Å². The fourth-order valence-corrected chi connectivity index (χ4v) is 3.31. The zero-order valence-electron chi connectivity index (χ0n) is 13.3. The molecule has 2 N–H and O–H groups in total. The van der Waals surface area contributed by atoms with E-state index in [4.69, 9.17) is 5.73 Å². The van der Waals surface area contributed by atoms with Crippen LogP contribution >= 0.6 is 0 Å². The summed E-state index contributed by atoms with van der Waals surface area (Å²) in [5, 5.41) is 0. The number of amides is 1. The van der Waals surface area contributed by atoms with Crippen molar-refractivity contribution >= 4 is 5.91 Å². The highest BCUT2D eigenvalue weighted by Gasteiger charge is 2.27. The standard InChI is InChI=1S/C18H28N2O/c1-14(2)11-16-9-6-10-20(13-16)18(21)17(19)12-15-7-4-3-5-8-15/h3-5,7-8,14,16-17H,6,9-13,19H2,1-2H3/t16?,17-/m0/s1. The number of hydrogen-bond donors (Lipinski definition) is 1. The summed E-state index contributed by atoms with van der Waals surface area (Å²) in [6, 6.07) is 9.62. The molecule has 1 aromatic rings. The van der Waals surface area contributed by atoms with Gasteiger partial charge in [0, 0.05) is 13.1 Å². The monoisotopic (exact) mass is 288 g/mol. The predicted molar refractivity (Wildman–Crippen MR) is 86.9 cm³/mol. The van der Waals surface area contributed by atoms with Crippen molar-refractivity contribution in [3.63, 3.8) is 0 Å². The van der Waals surface area contributed by atoms with E-state index in [0.29, 0.717) is 18.3 Å². The maximum atomic E-state index is 12.5. The smallest absolute Gasteiger partial charge is 0.239 e. The Balaban J connectivity index is 1.89. The van der Waals surface area contributed by atoms with Crippen molar-refractivity contribution in [1.29, 1.82) is 0 Å². The Morgan fingerprint density at radius 3 is 2.71 bits per heavy atom. The third-order valence-corrected chi connectivity index (χ3v) is 4.25. The molecule has 1 heterocycles. The molecule has 2 atom stereocenters. The summed E-state index contributed by atoms with van der Waals surface area (Å²) in [7, 11) is 0. The molecule has 1 unspecified atom stereocenters. The summed E-state index contributed by atoms with van der Waals surface area (Å²) in [4.78, 5) is 14.5. The van der Waals surface area contributed by atoms with Gasteiger partial charge in [0.05, 0.1) is 6.04 Å². The molecule has 1 amide bonds. The molecule has 1 aliphatic heterocycles. The Morgan fingerprint density at radius 2 is 2.05 bits per heavy atom. The maximum absolute atomic E-state index is 12.5. The average molecular weight is 288 g/mol. The van der Waals surface area contributed by atoms with Gasteiger partial charge in [-0.05, 0) is 43.1 Å². The Labute approximate surface area is 128 Å². The highest BCUT2D eigenvalue weighted by atomic mass is 16.2. The molecule has 1 fully saturated rings. The SMILES string of the molecule is CC(C)CC1CCCN(C(=O)[C@@H](N)Cc2ccccc2)C1. The lowest BCUT2D eigenvalue weighted by Crippen LogP contribution is -2.49. The first-order valence-corrected chi connectivity index (χ1v) is 8.14. The van der Waals surface area contributed by atoms with Crippen LogP contribution in [0.15, 0.2) is 30.3 Å². The lowest BCUT2D eigenvalue weighted by Gasteiger charge is -2.35. The van der Waals surface area contributed by atoms with Crippen LogP contribution in [-0.2, 0) is 11.2 Å². The highest BCUT2D eigenvalue weighted by molar-refractivity contribution is 5.82. The molecule has 1 aromatic carbocycles. The second kappa shape index (κ2) is 7.60. The van der Waals surface area contributed by atoms with Gasteiger partial charge in [-0.2, -0.15) is 0 Å².